The molecule has 0 amide bonds. The minimum atomic E-state index is -3.57. The second kappa shape index (κ2) is 6.36. The maximum Gasteiger partial charge on any atom is 0.243 e. The van der Waals surface area contributed by atoms with E-state index in [1.807, 2.05) is 20.8 Å². The fourth-order valence-corrected chi connectivity index (χ4v) is 5.61. The van der Waals surface area contributed by atoms with E-state index in [1.165, 1.54) is 4.31 Å². The molecule has 1 heterocycles. The fourth-order valence-electron chi connectivity index (χ4n) is 4.08. The van der Waals surface area contributed by atoms with Crippen LogP contribution in [0.4, 0.5) is 0 Å². The lowest BCUT2D eigenvalue weighted by Gasteiger charge is -2.34. The van der Waals surface area contributed by atoms with Gasteiger partial charge in [0.05, 0.1) is 18.1 Å². The highest BCUT2D eigenvalue weighted by atomic mass is 32.2. The van der Waals surface area contributed by atoms with Crippen LogP contribution in [-0.2, 0) is 10.0 Å². The maximum absolute atomic E-state index is 13.0. The number of rotatable bonds is 4. The Labute approximate surface area is 149 Å². The highest BCUT2D eigenvalue weighted by molar-refractivity contribution is 7.89. The van der Waals surface area contributed by atoms with Crippen LogP contribution in [0, 0.1) is 12.3 Å². The monoisotopic (exact) mass is 363 g/mol. The number of nitrogens with zero attached hydrogens (tertiary/aromatic N) is 1. The highest BCUT2D eigenvalue weighted by Gasteiger charge is 2.46. The molecule has 6 heteroatoms. The molecule has 3 rings (SSSR count). The third-order valence-corrected chi connectivity index (χ3v) is 7.34. The molecule has 2 N–H and O–H groups in total. The number of fused-ring (bicyclic) bond motifs is 1. The van der Waals surface area contributed by atoms with E-state index in [4.69, 9.17) is 0 Å². The largest absolute Gasteiger partial charge is 0.392 e. The number of hydrogen-bond donors (Lipinski definition) is 2. The Bertz CT molecular complexity index is 852. The van der Waals surface area contributed by atoms with Gasteiger partial charge in [-0.05, 0) is 54.7 Å². The van der Waals surface area contributed by atoms with Crippen LogP contribution in [0.15, 0.2) is 51.5 Å². The lowest BCUT2D eigenvalue weighted by Crippen LogP contribution is -2.32. The summed E-state index contributed by atoms with van der Waals surface area (Å²) >= 11 is 0. The summed E-state index contributed by atoms with van der Waals surface area (Å²) in [6, 6.07) is 6.90. The van der Waals surface area contributed by atoms with Crippen LogP contribution >= 0.6 is 0 Å². The Balaban J connectivity index is 1.99. The molecule has 0 spiro atoms. The lowest BCUT2D eigenvalue weighted by atomic mass is 9.71. The Hall–Kier alpha value is -1.47. The normalized spacial score (nSPS) is 24.8. The van der Waals surface area contributed by atoms with E-state index in [0.29, 0.717) is 24.4 Å². The quantitative estimate of drug-likeness (QED) is 0.858. The molecule has 0 bridgehead atoms. The number of sulfonamides is 1. The summed E-state index contributed by atoms with van der Waals surface area (Å²) in [6.07, 6.45) is 0.575. The van der Waals surface area contributed by atoms with Crippen molar-refractivity contribution in [3.05, 3.63) is 52.1 Å². The van der Waals surface area contributed by atoms with Gasteiger partial charge in [-0.2, -0.15) is 4.31 Å². The summed E-state index contributed by atoms with van der Waals surface area (Å²) in [6.45, 7) is 6.36. The minimum Gasteiger partial charge on any atom is -0.392 e. The van der Waals surface area contributed by atoms with Crippen LogP contribution in [0.2, 0.25) is 0 Å². The van der Waals surface area contributed by atoms with Gasteiger partial charge >= 0.3 is 0 Å². The number of aliphatic hydroxyl groups excluding tert-OH is 2. The first-order valence-electron chi connectivity index (χ1n) is 8.43. The summed E-state index contributed by atoms with van der Waals surface area (Å²) in [7, 11) is -3.57. The molecule has 0 aromatic heterocycles. The molecule has 0 radical (unpaired) electrons. The fraction of sp³-hybridized carbons (Fsp3) is 0.474. The number of benzene rings is 1. The topological polar surface area (TPSA) is 77.8 Å². The minimum absolute atomic E-state index is 0.110. The summed E-state index contributed by atoms with van der Waals surface area (Å²) in [5.41, 5.74) is 4.21. The third kappa shape index (κ3) is 2.97. The van der Waals surface area contributed by atoms with Crippen molar-refractivity contribution in [3.8, 4) is 0 Å². The zero-order valence-electron chi connectivity index (χ0n) is 14.9. The van der Waals surface area contributed by atoms with Crippen molar-refractivity contribution in [3.63, 3.8) is 0 Å². The van der Waals surface area contributed by atoms with Crippen LogP contribution in [0.25, 0.3) is 0 Å². The van der Waals surface area contributed by atoms with Gasteiger partial charge in [0, 0.05) is 18.5 Å². The zero-order valence-corrected chi connectivity index (χ0v) is 15.7. The van der Waals surface area contributed by atoms with Gasteiger partial charge in [0.1, 0.15) is 0 Å². The molecule has 1 aromatic carbocycles. The smallest absolute Gasteiger partial charge is 0.243 e. The first-order valence-corrected chi connectivity index (χ1v) is 9.87. The molecule has 1 unspecified atom stereocenters. The average Bonchev–Trinajstić information content (AvgIpc) is 2.94. The Morgan fingerprint density at radius 2 is 1.76 bits per heavy atom. The van der Waals surface area contributed by atoms with Gasteiger partial charge < -0.3 is 10.2 Å². The second-order valence-electron chi connectivity index (χ2n) is 7.33. The average molecular weight is 363 g/mol. The van der Waals surface area contributed by atoms with Crippen LogP contribution in [0.1, 0.15) is 25.8 Å². The summed E-state index contributed by atoms with van der Waals surface area (Å²) in [5, 5.41) is 19.3. The van der Waals surface area contributed by atoms with Gasteiger partial charge in [-0.1, -0.05) is 24.6 Å². The first-order chi connectivity index (χ1) is 11.7. The number of hydrogen-bond acceptors (Lipinski definition) is 4. The van der Waals surface area contributed by atoms with Crippen molar-refractivity contribution in [2.24, 2.45) is 5.41 Å². The molecule has 5 nitrogen and oxygen atoms in total. The van der Waals surface area contributed by atoms with Gasteiger partial charge in [0.25, 0.3) is 0 Å². The lowest BCUT2D eigenvalue weighted by molar-refractivity contribution is 0.284. The summed E-state index contributed by atoms with van der Waals surface area (Å²) < 4.78 is 27.6. The van der Waals surface area contributed by atoms with Crippen molar-refractivity contribution in [2.75, 3.05) is 26.3 Å². The number of aliphatic hydroxyl groups is 2. The molecule has 136 valence electrons. The van der Waals surface area contributed by atoms with Gasteiger partial charge in [0.15, 0.2) is 0 Å². The molecule has 1 aliphatic carbocycles. The Morgan fingerprint density at radius 3 is 2.32 bits per heavy atom. The predicted molar refractivity (Wildman–Crippen MR) is 96.6 cm³/mol. The van der Waals surface area contributed by atoms with Gasteiger partial charge in [-0.15, -0.1) is 0 Å². The second-order valence-corrected chi connectivity index (χ2v) is 9.26. The molecule has 1 saturated heterocycles. The van der Waals surface area contributed by atoms with Gasteiger partial charge in [0.2, 0.25) is 10.0 Å². The van der Waals surface area contributed by atoms with E-state index < -0.39 is 10.0 Å². The van der Waals surface area contributed by atoms with Gasteiger partial charge in [-0.25, -0.2) is 8.42 Å². The molecule has 1 atom stereocenters. The van der Waals surface area contributed by atoms with Crippen molar-refractivity contribution < 1.29 is 18.6 Å². The highest BCUT2D eigenvalue weighted by Crippen LogP contribution is 2.48. The van der Waals surface area contributed by atoms with Crippen LogP contribution in [-0.4, -0.2) is 49.2 Å². The zero-order chi connectivity index (χ0) is 18.4. The first kappa shape index (κ1) is 18.3. The molecule has 1 fully saturated rings. The molecule has 0 saturated carbocycles. The Kier molecular flexibility index (Phi) is 4.66. The van der Waals surface area contributed by atoms with Crippen molar-refractivity contribution in [2.45, 2.75) is 32.1 Å². The van der Waals surface area contributed by atoms with Crippen LogP contribution < -0.4 is 0 Å². The molecule has 1 aromatic rings. The van der Waals surface area contributed by atoms with Crippen LogP contribution in [0.3, 0.4) is 0 Å². The Morgan fingerprint density at radius 1 is 1.12 bits per heavy atom. The standard InChI is InChI=1S/C19H25NO4S/c1-13-4-6-16(7-5-13)25(23,24)20-9-18-14(2)17(11-22)15(10-21)8-19(18,3)12-20/h4-7,21-22H,8-12H2,1-3H3. The molecular formula is C19H25NO4S. The molecular weight excluding hydrogens is 338 g/mol. The molecule has 25 heavy (non-hydrogen) atoms. The number of aryl methyl sites for hydroxylation is 1. The van der Waals surface area contributed by atoms with Crippen molar-refractivity contribution >= 4 is 10.0 Å². The van der Waals surface area contributed by atoms with E-state index >= 15 is 0 Å². The van der Waals surface area contributed by atoms with E-state index in [1.54, 1.807) is 24.3 Å². The maximum atomic E-state index is 13.0. The van der Waals surface area contributed by atoms with Crippen molar-refractivity contribution in [1.82, 2.24) is 4.31 Å². The molecule has 1 aliphatic heterocycles. The SMILES string of the molecule is CC1=C2CN(S(=O)(=O)c3ccc(C)cc3)CC2(C)CC(CO)=C1CO. The molecule has 2 aliphatic rings. The summed E-state index contributed by atoms with van der Waals surface area (Å²) in [4.78, 5) is 0.302. The van der Waals surface area contributed by atoms with E-state index in [9.17, 15) is 18.6 Å². The van der Waals surface area contributed by atoms with Crippen LogP contribution in [0.5, 0.6) is 0 Å². The summed E-state index contributed by atoms with van der Waals surface area (Å²) in [5.74, 6) is 0. The predicted octanol–water partition coefficient (Wildman–Crippen LogP) is 2.01. The van der Waals surface area contributed by atoms with E-state index in [2.05, 4.69) is 0 Å². The van der Waals surface area contributed by atoms with E-state index in [-0.39, 0.29) is 18.6 Å². The van der Waals surface area contributed by atoms with E-state index in [0.717, 1.165) is 27.9 Å². The van der Waals surface area contributed by atoms with Crippen molar-refractivity contribution in [1.29, 1.82) is 0 Å². The van der Waals surface area contributed by atoms with Gasteiger partial charge in [-0.3, -0.25) is 0 Å². The third-order valence-electron chi connectivity index (χ3n) is 5.53.